The van der Waals surface area contributed by atoms with Crippen molar-refractivity contribution in [1.29, 1.82) is 0 Å². The van der Waals surface area contributed by atoms with Gasteiger partial charge in [-0.05, 0) is 48.6 Å². The van der Waals surface area contributed by atoms with Crippen LogP contribution in [-0.2, 0) is 0 Å². The number of nitrogens with one attached hydrogen (secondary N) is 2. The summed E-state index contributed by atoms with van der Waals surface area (Å²) in [7, 11) is 0. The lowest BCUT2D eigenvalue weighted by molar-refractivity contribution is 0.100. The van der Waals surface area contributed by atoms with Gasteiger partial charge in [0.05, 0.1) is 6.54 Å². The van der Waals surface area contributed by atoms with Crippen LogP contribution in [0.5, 0.6) is 5.75 Å². The van der Waals surface area contributed by atoms with Crippen LogP contribution in [0.2, 0.25) is 0 Å². The Balaban J connectivity index is 1.70. The van der Waals surface area contributed by atoms with Crippen LogP contribution >= 0.6 is 12.2 Å². The molecule has 2 rings (SSSR count). The van der Waals surface area contributed by atoms with Gasteiger partial charge >= 0.3 is 0 Å². The van der Waals surface area contributed by atoms with Crippen molar-refractivity contribution >= 4 is 28.9 Å². The van der Waals surface area contributed by atoms with Gasteiger partial charge in [0.15, 0.2) is 5.11 Å². The van der Waals surface area contributed by atoms with E-state index in [0.717, 1.165) is 11.4 Å². The smallest absolute Gasteiger partial charge is 0.248 e. The Hall–Kier alpha value is -2.60. The molecule has 2 aromatic rings. The van der Waals surface area contributed by atoms with Crippen LogP contribution in [0.1, 0.15) is 10.4 Å². The van der Waals surface area contributed by atoms with Crippen LogP contribution in [0, 0.1) is 0 Å². The average Bonchev–Trinajstić information content (AvgIpc) is 2.53. The predicted octanol–water partition coefficient (Wildman–Crippen LogP) is 2.15. The third kappa shape index (κ3) is 5.06. The maximum atomic E-state index is 11.0. The van der Waals surface area contributed by atoms with E-state index >= 15 is 0 Å². The molecular formula is C16H17N3O2S. The molecule has 0 aliphatic rings. The number of ether oxygens (including phenoxy) is 1. The largest absolute Gasteiger partial charge is 0.492 e. The van der Waals surface area contributed by atoms with Crippen LogP contribution in [0.25, 0.3) is 0 Å². The molecule has 0 saturated heterocycles. The van der Waals surface area contributed by atoms with E-state index in [2.05, 4.69) is 10.6 Å². The van der Waals surface area contributed by atoms with Crippen molar-refractivity contribution in [1.82, 2.24) is 5.32 Å². The van der Waals surface area contributed by atoms with E-state index in [0.29, 0.717) is 23.8 Å². The lowest BCUT2D eigenvalue weighted by atomic mass is 10.2. The first-order chi connectivity index (χ1) is 10.6. The summed E-state index contributed by atoms with van der Waals surface area (Å²) in [6.45, 7) is 1.09. The average molecular weight is 315 g/mol. The molecule has 0 saturated carbocycles. The standard InChI is InChI=1S/C16H17N3O2S/c17-15(20)12-6-8-13(9-7-12)19-16(22)18-10-11-21-14-4-2-1-3-5-14/h1-9H,10-11H2,(H2,17,20)(H2,18,19,22). The second-order valence-corrected chi connectivity index (χ2v) is 4.89. The lowest BCUT2D eigenvalue weighted by Crippen LogP contribution is -2.31. The Morgan fingerprint density at radius 1 is 1.09 bits per heavy atom. The SMILES string of the molecule is NC(=O)c1ccc(NC(=S)NCCOc2ccccc2)cc1. The fourth-order valence-electron chi connectivity index (χ4n) is 1.74. The number of anilines is 1. The zero-order valence-electron chi connectivity index (χ0n) is 11.9. The van der Waals surface area contributed by atoms with E-state index in [1.54, 1.807) is 24.3 Å². The molecule has 5 nitrogen and oxygen atoms in total. The summed E-state index contributed by atoms with van der Waals surface area (Å²) >= 11 is 5.18. The van der Waals surface area contributed by atoms with E-state index in [1.165, 1.54) is 0 Å². The monoisotopic (exact) mass is 315 g/mol. The van der Waals surface area contributed by atoms with E-state index in [-0.39, 0.29) is 0 Å². The minimum absolute atomic E-state index is 0.453. The van der Waals surface area contributed by atoms with Crippen LogP contribution < -0.4 is 21.1 Å². The molecular weight excluding hydrogens is 298 g/mol. The predicted molar refractivity (Wildman–Crippen MR) is 91.1 cm³/mol. The van der Waals surface area contributed by atoms with Crippen LogP contribution in [0.4, 0.5) is 5.69 Å². The second kappa shape index (κ2) is 7.99. The number of amides is 1. The maximum Gasteiger partial charge on any atom is 0.248 e. The second-order valence-electron chi connectivity index (χ2n) is 4.48. The zero-order valence-corrected chi connectivity index (χ0v) is 12.7. The van der Waals surface area contributed by atoms with Crippen molar-refractivity contribution in [2.75, 3.05) is 18.5 Å². The van der Waals surface area contributed by atoms with Gasteiger partial charge in [-0.1, -0.05) is 18.2 Å². The number of carbonyl (C=O) groups excluding carboxylic acids is 1. The topological polar surface area (TPSA) is 76.4 Å². The molecule has 0 unspecified atom stereocenters. The summed E-state index contributed by atoms with van der Waals surface area (Å²) < 4.78 is 5.55. The Kier molecular flexibility index (Phi) is 5.73. The van der Waals surface area contributed by atoms with Crippen molar-refractivity contribution in [2.45, 2.75) is 0 Å². The lowest BCUT2D eigenvalue weighted by Gasteiger charge is -2.11. The molecule has 2 aromatic carbocycles. The summed E-state index contributed by atoms with van der Waals surface area (Å²) in [4.78, 5) is 11.0. The summed E-state index contributed by atoms with van der Waals surface area (Å²) in [5.41, 5.74) is 6.43. The van der Waals surface area contributed by atoms with Gasteiger partial charge in [-0.2, -0.15) is 0 Å². The van der Waals surface area contributed by atoms with Gasteiger partial charge in [-0.15, -0.1) is 0 Å². The highest BCUT2D eigenvalue weighted by Gasteiger charge is 2.01. The highest BCUT2D eigenvalue weighted by molar-refractivity contribution is 7.80. The number of carbonyl (C=O) groups is 1. The highest BCUT2D eigenvalue weighted by atomic mass is 32.1. The van der Waals surface area contributed by atoms with Crippen LogP contribution in [-0.4, -0.2) is 24.2 Å². The first-order valence-corrected chi connectivity index (χ1v) is 7.18. The molecule has 0 spiro atoms. The van der Waals surface area contributed by atoms with Gasteiger partial charge < -0.3 is 21.1 Å². The molecule has 0 fully saturated rings. The fourth-order valence-corrected chi connectivity index (χ4v) is 1.96. The quantitative estimate of drug-likeness (QED) is 0.562. The van der Waals surface area contributed by atoms with Crippen molar-refractivity contribution in [3.63, 3.8) is 0 Å². The molecule has 22 heavy (non-hydrogen) atoms. The number of thiocarbonyl (C=S) groups is 1. The van der Waals surface area contributed by atoms with E-state index < -0.39 is 5.91 Å². The minimum atomic E-state index is -0.453. The van der Waals surface area contributed by atoms with Gasteiger partial charge in [-0.25, -0.2) is 0 Å². The van der Waals surface area contributed by atoms with Gasteiger partial charge in [-0.3, -0.25) is 4.79 Å². The molecule has 4 N–H and O–H groups in total. The number of primary amides is 1. The molecule has 6 heteroatoms. The molecule has 0 heterocycles. The Morgan fingerprint density at radius 2 is 1.77 bits per heavy atom. The van der Waals surface area contributed by atoms with Crippen molar-refractivity contribution in [3.05, 3.63) is 60.2 Å². The molecule has 0 bridgehead atoms. The molecule has 0 aliphatic carbocycles. The first-order valence-electron chi connectivity index (χ1n) is 6.78. The van der Waals surface area contributed by atoms with Crippen molar-refractivity contribution < 1.29 is 9.53 Å². The van der Waals surface area contributed by atoms with Gasteiger partial charge in [0.2, 0.25) is 5.91 Å². The first kappa shape index (κ1) is 15.8. The third-order valence-electron chi connectivity index (χ3n) is 2.83. The van der Waals surface area contributed by atoms with E-state index in [4.69, 9.17) is 22.7 Å². The highest BCUT2D eigenvalue weighted by Crippen LogP contribution is 2.09. The van der Waals surface area contributed by atoms with Gasteiger partial charge in [0, 0.05) is 11.3 Å². The molecule has 0 radical (unpaired) electrons. The number of hydrogen-bond acceptors (Lipinski definition) is 3. The molecule has 0 aromatic heterocycles. The maximum absolute atomic E-state index is 11.0. The molecule has 0 aliphatic heterocycles. The number of para-hydroxylation sites is 1. The van der Waals surface area contributed by atoms with E-state index in [1.807, 2.05) is 30.3 Å². The molecule has 114 valence electrons. The normalized spacial score (nSPS) is 9.82. The van der Waals surface area contributed by atoms with Crippen molar-refractivity contribution in [3.8, 4) is 5.75 Å². The number of benzene rings is 2. The Bertz CT molecular complexity index is 630. The third-order valence-corrected chi connectivity index (χ3v) is 3.07. The van der Waals surface area contributed by atoms with Crippen molar-refractivity contribution in [2.24, 2.45) is 5.73 Å². The minimum Gasteiger partial charge on any atom is -0.492 e. The fraction of sp³-hybridized carbons (Fsp3) is 0.125. The zero-order chi connectivity index (χ0) is 15.8. The van der Waals surface area contributed by atoms with Gasteiger partial charge in [0.25, 0.3) is 0 Å². The molecule has 1 amide bonds. The number of hydrogen-bond donors (Lipinski definition) is 3. The number of rotatable bonds is 6. The molecule has 0 atom stereocenters. The number of nitrogens with two attached hydrogens (primary N) is 1. The summed E-state index contributed by atoms with van der Waals surface area (Å²) in [5.74, 6) is 0.371. The van der Waals surface area contributed by atoms with E-state index in [9.17, 15) is 4.79 Å². The van der Waals surface area contributed by atoms with Gasteiger partial charge in [0.1, 0.15) is 12.4 Å². The Morgan fingerprint density at radius 3 is 2.41 bits per heavy atom. The summed E-state index contributed by atoms with van der Waals surface area (Å²) in [5, 5.41) is 6.55. The van der Waals surface area contributed by atoms with Crippen LogP contribution in [0.15, 0.2) is 54.6 Å². The Labute approximate surface area is 134 Å². The summed E-state index contributed by atoms with van der Waals surface area (Å²) in [6.07, 6.45) is 0. The van der Waals surface area contributed by atoms with Crippen LogP contribution in [0.3, 0.4) is 0 Å². The summed E-state index contributed by atoms with van der Waals surface area (Å²) in [6, 6.07) is 16.4.